The Morgan fingerprint density at radius 1 is 0.865 bits per heavy atom. The highest BCUT2D eigenvalue weighted by Crippen LogP contribution is 2.25. The molecule has 0 fully saturated rings. The van der Waals surface area contributed by atoms with Crippen molar-refractivity contribution in [3.8, 4) is 5.75 Å². The molecule has 0 bridgehead atoms. The lowest BCUT2D eigenvalue weighted by Crippen LogP contribution is -2.26. The van der Waals surface area contributed by atoms with Gasteiger partial charge in [-0.15, -0.1) is 0 Å². The molecule has 0 aliphatic carbocycles. The van der Waals surface area contributed by atoms with Crippen molar-refractivity contribution in [2.75, 3.05) is 23.3 Å². The number of carbonyl (C=O) groups excluding carboxylic acids is 2. The Labute approximate surface area is 220 Å². The van der Waals surface area contributed by atoms with Crippen molar-refractivity contribution < 1.29 is 22.7 Å². The quantitative estimate of drug-likeness (QED) is 0.290. The molecule has 1 amide bonds. The van der Waals surface area contributed by atoms with E-state index in [2.05, 4.69) is 5.32 Å². The van der Waals surface area contributed by atoms with E-state index in [4.69, 9.17) is 16.3 Å². The highest BCUT2D eigenvalue weighted by molar-refractivity contribution is 7.92. The molecule has 4 aromatic carbocycles. The lowest BCUT2D eigenvalue weighted by molar-refractivity contribution is -0.118. The minimum absolute atomic E-state index is 0.182. The standard InChI is InChI=1S/C28H23ClN2O5S/c1-31(37(34,35)24-10-6-3-7-11-24)22-13-15-23(16-14-22)36-19-27(32)30-26-17-12-21(29)18-25(26)28(33)20-8-4-2-5-9-20/h2-18H,19H2,1H3,(H,30,32). The number of amides is 1. The molecule has 0 unspecified atom stereocenters. The van der Waals surface area contributed by atoms with Crippen molar-refractivity contribution in [1.29, 1.82) is 0 Å². The third-order valence-electron chi connectivity index (χ3n) is 5.51. The summed E-state index contributed by atoms with van der Waals surface area (Å²) in [5, 5.41) is 3.06. The molecule has 188 valence electrons. The fraction of sp³-hybridized carbons (Fsp3) is 0.0714. The van der Waals surface area contributed by atoms with E-state index < -0.39 is 15.9 Å². The van der Waals surface area contributed by atoms with Crippen LogP contribution in [0.4, 0.5) is 11.4 Å². The van der Waals surface area contributed by atoms with Gasteiger partial charge in [0.05, 0.1) is 16.3 Å². The minimum Gasteiger partial charge on any atom is -0.484 e. The van der Waals surface area contributed by atoms with E-state index in [9.17, 15) is 18.0 Å². The van der Waals surface area contributed by atoms with Gasteiger partial charge in [0, 0.05) is 23.2 Å². The Balaban J connectivity index is 1.40. The Bertz CT molecular complexity index is 1510. The Kier molecular flexibility index (Phi) is 7.91. The molecule has 0 aromatic heterocycles. The fourth-order valence-corrected chi connectivity index (χ4v) is 4.92. The predicted octanol–water partition coefficient (Wildman–Crippen LogP) is 5.41. The van der Waals surface area contributed by atoms with Crippen LogP contribution in [0.5, 0.6) is 5.75 Å². The molecule has 4 rings (SSSR count). The Hall–Kier alpha value is -4.14. The first-order valence-electron chi connectivity index (χ1n) is 11.2. The molecule has 0 atom stereocenters. The monoisotopic (exact) mass is 534 g/mol. The smallest absolute Gasteiger partial charge is 0.264 e. The van der Waals surface area contributed by atoms with Gasteiger partial charge in [-0.05, 0) is 54.6 Å². The predicted molar refractivity (Wildman–Crippen MR) is 144 cm³/mol. The van der Waals surface area contributed by atoms with Crippen molar-refractivity contribution in [3.63, 3.8) is 0 Å². The molecule has 0 aliphatic rings. The van der Waals surface area contributed by atoms with Crippen LogP contribution in [0.1, 0.15) is 15.9 Å². The topological polar surface area (TPSA) is 92.8 Å². The molecule has 9 heteroatoms. The molecule has 0 saturated carbocycles. The van der Waals surface area contributed by atoms with Crippen LogP contribution in [-0.2, 0) is 14.8 Å². The van der Waals surface area contributed by atoms with Gasteiger partial charge >= 0.3 is 0 Å². The van der Waals surface area contributed by atoms with Crippen LogP contribution < -0.4 is 14.4 Å². The van der Waals surface area contributed by atoms with Gasteiger partial charge in [0.1, 0.15) is 5.75 Å². The zero-order valence-electron chi connectivity index (χ0n) is 19.8. The lowest BCUT2D eigenvalue weighted by atomic mass is 10.0. The fourth-order valence-electron chi connectivity index (χ4n) is 3.54. The number of ketones is 1. The number of sulfonamides is 1. The first-order chi connectivity index (χ1) is 17.8. The number of hydrogen-bond donors (Lipinski definition) is 1. The summed E-state index contributed by atoms with van der Waals surface area (Å²) in [4.78, 5) is 25.7. The molecule has 7 nitrogen and oxygen atoms in total. The van der Waals surface area contributed by atoms with E-state index in [1.165, 1.54) is 29.6 Å². The van der Waals surface area contributed by atoms with Crippen molar-refractivity contribution in [1.82, 2.24) is 0 Å². The number of nitrogens with zero attached hydrogens (tertiary/aromatic N) is 1. The third kappa shape index (κ3) is 6.17. The van der Waals surface area contributed by atoms with Crippen LogP contribution in [0.15, 0.2) is 108 Å². The summed E-state index contributed by atoms with van der Waals surface area (Å²) in [6.07, 6.45) is 0. The molecule has 0 spiro atoms. The Morgan fingerprint density at radius 2 is 1.49 bits per heavy atom. The van der Waals surface area contributed by atoms with Gasteiger partial charge in [-0.3, -0.25) is 13.9 Å². The number of rotatable bonds is 9. The molecule has 0 aliphatic heterocycles. The summed E-state index contributed by atoms with van der Waals surface area (Å²) in [6, 6.07) is 27.8. The van der Waals surface area contributed by atoms with Crippen LogP contribution >= 0.6 is 11.6 Å². The van der Waals surface area contributed by atoms with Crippen molar-refractivity contribution >= 4 is 44.7 Å². The molecular formula is C28H23ClN2O5S. The summed E-state index contributed by atoms with van der Waals surface area (Å²) in [5.74, 6) is -0.372. The van der Waals surface area contributed by atoms with Gasteiger partial charge in [0.15, 0.2) is 12.4 Å². The largest absolute Gasteiger partial charge is 0.484 e. The van der Waals surface area contributed by atoms with E-state index in [-0.39, 0.29) is 22.8 Å². The maximum Gasteiger partial charge on any atom is 0.264 e. The second-order valence-corrected chi connectivity index (χ2v) is 10.4. The zero-order valence-corrected chi connectivity index (χ0v) is 21.4. The van der Waals surface area contributed by atoms with Crippen LogP contribution in [0.25, 0.3) is 0 Å². The maximum absolute atomic E-state index is 12.9. The van der Waals surface area contributed by atoms with Gasteiger partial charge in [0.25, 0.3) is 15.9 Å². The molecule has 37 heavy (non-hydrogen) atoms. The summed E-state index contributed by atoms with van der Waals surface area (Å²) >= 11 is 6.09. The van der Waals surface area contributed by atoms with Crippen LogP contribution in [-0.4, -0.2) is 33.8 Å². The number of ether oxygens (including phenoxy) is 1. The molecule has 1 N–H and O–H groups in total. The molecule has 4 aromatic rings. The summed E-state index contributed by atoms with van der Waals surface area (Å²) in [6.45, 7) is -0.320. The van der Waals surface area contributed by atoms with Gasteiger partial charge in [0.2, 0.25) is 0 Å². The third-order valence-corrected chi connectivity index (χ3v) is 7.54. The van der Waals surface area contributed by atoms with Crippen LogP contribution in [0.2, 0.25) is 5.02 Å². The van der Waals surface area contributed by atoms with E-state index >= 15 is 0 Å². The van der Waals surface area contributed by atoms with Gasteiger partial charge in [-0.2, -0.15) is 0 Å². The van der Waals surface area contributed by atoms with Crippen molar-refractivity contribution in [2.24, 2.45) is 0 Å². The first-order valence-corrected chi connectivity index (χ1v) is 13.0. The highest BCUT2D eigenvalue weighted by atomic mass is 35.5. The van der Waals surface area contributed by atoms with E-state index in [1.54, 1.807) is 78.9 Å². The normalized spacial score (nSPS) is 11.0. The highest BCUT2D eigenvalue weighted by Gasteiger charge is 2.21. The first kappa shape index (κ1) is 25.9. The minimum atomic E-state index is -3.71. The van der Waals surface area contributed by atoms with Crippen LogP contribution in [0, 0.1) is 0 Å². The lowest BCUT2D eigenvalue weighted by Gasteiger charge is -2.19. The van der Waals surface area contributed by atoms with Gasteiger partial charge < -0.3 is 10.1 Å². The summed E-state index contributed by atoms with van der Waals surface area (Å²) in [7, 11) is -2.24. The second kappa shape index (κ2) is 11.3. The maximum atomic E-state index is 12.9. The number of carbonyl (C=O) groups is 2. The summed E-state index contributed by atoms with van der Waals surface area (Å²) < 4.78 is 32.3. The Morgan fingerprint density at radius 3 is 2.14 bits per heavy atom. The van der Waals surface area contributed by atoms with Crippen LogP contribution in [0.3, 0.4) is 0 Å². The number of halogens is 1. The second-order valence-electron chi connectivity index (χ2n) is 8.00. The van der Waals surface area contributed by atoms with E-state index in [0.29, 0.717) is 27.7 Å². The van der Waals surface area contributed by atoms with Crippen molar-refractivity contribution in [3.05, 3.63) is 119 Å². The van der Waals surface area contributed by atoms with Crippen molar-refractivity contribution in [2.45, 2.75) is 4.90 Å². The number of benzene rings is 4. The van der Waals surface area contributed by atoms with Gasteiger partial charge in [-0.25, -0.2) is 8.42 Å². The van der Waals surface area contributed by atoms with E-state index in [1.807, 2.05) is 6.07 Å². The number of nitrogens with one attached hydrogen (secondary N) is 1. The number of anilines is 2. The molecule has 0 radical (unpaired) electrons. The van der Waals surface area contributed by atoms with E-state index in [0.717, 1.165) is 0 Å². The molecule has 0 heterocycles. The zero-order chi connectivity index (χ0) is 26.4. The number of hydrogen-bond acceptors (Lipinski definition) is 5. The average Bonchev–Trinajstić information content (AvgIpc) is 2.93. The molecular weight excluding hydrogens is 512 g/mol. The van der Waals surface area contributed by atoms with Gasteiger partial charge in [-0.1, -0.05) is 60.1 Å². The average molecular weight is 535 g/mol. The SMILES string of the molecule is CN(c1ccc(OCC(=O)Nc2ccc(Cl)cc2C(=O)c2ccccc2)cc1)S(=O)(=O)c1ccccc1. The molecule has 0 saturated heterocycles. The summed E-state index contributed by atoms with van der Waals surface area (Å²) in [5.41, 5.74) is 1.48.